The highest BCUT2D eigenvalue weighted by Crippen LogP contribution is 2.27. The number of hydrogen-bond acceptors (Lipinski definition) is 3. The standard InChI is InChI=1S/C17H20N4O2/c22-16(10-12-6-4-5-7-12)20-21-17(23)15-11-14(18-19-15)13-8-2-1-3-9-13/h1-3,8-9,11-12H,4-7,10H2,(H,18,19)(H,20,22)(H,21,23). The molecule has 0 bridgehead atoms. The van der Waals surface area contributed by atoms with Crippen LogP contribution in [0.4, 0.5) is 0 Å². The molecule has 0 spiro atoms. The van der Waals surface area contributed by atoms with Gasteiger partial charge in [-0.2, -0.15) is 5.10 Å². The second-order valence-corrected chi connectivity index (χ2v) is 5.89. The van der Waals surface area contributed by atoms with E-state index in [1.165, 1.54) is 12.8 Å². The molecule has 1 aromatic heterocycles. The number of H-pyrrole nitrogens is 1. The van der Waals surface area contributed by atoms with Crippen molar-refractivity contribution in [1.29, 1.82) is 0 Å². The van der Waals surface area contributed by atoms with Gasteiger partial charge in [0.2, 0.25) is 5.91 Å². The number of hydrogen-bond donors (Lipinski definition) is 3. The average Bonchev–Trinajstić information content (AvgIpc) is 3.25. The summed E-state index contributed by atoms with van der Waals surface area (Å²) in [5, 5.41) is 6.81. The minimum Gasteiger partial charge on any atom is -0.273 e. The van der Waals surface area contributed by atoms with Crippen molar-refractivity contribution in [1.82, 2.24) is 21.0 Å². The van der Waals surface area contributed by atoms with E-state index in [1.54, 1.807) is 6.07 Å². The van der Waals surface area contributed by atoms with Gasteiger partial charge in [0.25, 0.3) is 5.91 Å². The Labute approximate surface area is 134 Å². The Hall–Kier alpha value is -2.63. The molecule has 1 heterocycles. The van der Waals surface area contributed by atoms with Crippen molar-refractivity contribution in [2.75, 3.05) is 0 Å². The molecule has 0 saturated heterocycles. The van der Waals surface area contributed by atoms with Crippen LogP contribution in [0.15, 0.2) is 36.4 Å². The van der Waals surface area contributed by atoms with Crippen molar-refractivity contribution in [2.24, 2.45) is 5.92 Å². The summed E-state index contributed by atoms with van der Waals surface area (Å²) in [6.07, 6.45) is 5.06. The molecule has 3 N–H and O–H groups in total. The quantitative estimate of drug-likeness (QED) is 0.758. The molecule has 1 aliphatic carbocycles. The first kappa shape index (κ1) is 15.3. The van der Waals surface area contributed by atoms with Gasteiger partial charge in [0.05, 0.1) is 5.69 Å². The van der Waals surface area contributed by atoms with Crippen molar-refractivity contribution >= 4 is 11.8 Å². The van der Waals surface area contributed by atoms with Crippen molar-refractivity contribution in [3.63, 3.8) is 0 Å². The fraction of sp³-hybridized carbons (Fsp3) is 0.353. The molecule has 6 heteroatoms. The molecule has 1 fully saturated rings. The Morgan fingerprint density at radius 3 is 2.61 bits per heavy atom. The molecule has 3 rings (SSSR count). The maximum atomic E-state index is 12.0. The van der Waals surface area contributed by atoms with E-state index in [2.05, 4.69) is 21.0 Å². The Morgan fingerprint density at radius 2 is 1.87 bits per heavy atom. The van der Waals surface area contributed by atoms with Crippen LogP contribution in [0.3, 0.4) is 0 Å². The van der Waals surface area contributed by atoms with Crippen LogP contribution in [-0.2, 0) is 4.79 Å². The average molecular weight is 312 g/mol. The first-order valence-electron chi connectivity index (χ1n) is 7.92. The van der Waals surface area contributed by atoms with Crippen LogP contribution in [0.5, 0.6) is 0 Å². The largest absolute Gasteiger partial charge is 0.287 e. The van der Waals surface area contributed by atoms with Crippen LogP contribution in [0.2, 0.25) is 0 Å². The lowest BCUT2D eigenvalue weighted by Crippen LogP contribution is -2.42. The fourth-order valence-electron chi connectivity index (χ4n) is 2.92. The van der Waals surface area contributed by atoms with Crippen LogP contribution in [0, 0.1) is 5.92 Å². The van der Waals surface area contributed by atoms with Crippen molar-refractivity contribution in [3.05, 3.63) is 42.1 Å². The molecule has 2 aromatic rings. The highest BCUT2D eigenvalue weighted by molar-refractivity contribution is 5.94. The van der Waals surface area contributed by atoms with Crippen LogP contribution >= 0.6 is 0 Å². The fourth-order valence-corrected chi connectivity index (χ4v) is 2.92. The topological polar surface area (TPSA) is 86.9 Å². The summed E-state index contributed by atoms with van der Waals surface area (Å²) in [6.45, 7) is 0. The molecule has 0 unspecified atom stereocenters. The van der Waals surface area contributed by atoms with Crippen molar-refractivity contribution in [2.45, 2.75) is 32.1 Å². The Morgan fingerprint density at radius 1 is 1.13 bits per heavy atom. The third kappa shape index (κ3) is 3.97. The van der Waals surface area contributed by atoms with Crippen molar-refractivity contribution < 1.29 is 9.59 Å². The predicted octanol–water partition coefficient (Wildman–Crippen LogP) is 2.42. The lowest BCUT2D eigenvalue weighted by atomic mass is 10.0. The molecule has 0 atom stereocenters. The zero-order chi connectivity index (χ0) is 16.1. The molecule has 1 saturated carbocycles. The molecule has 1 aromatic carbocycles. The summed E-state index contributed by atoms with van der Waals surface area (Å²) in [7, 11) is 0. The summed E-state index contributed by atoms with van der Waals surface area (Å²) in [6, 6.07) is 11.2. The second kappa shape index (κ2) is 7.09. The minimum atomic E-state index is -0.403. The monoisotopic (exact) mass is 312 g/mol. The summed E-state index contributed by atoms with van der Waals surface area (Å²) < 4.78 is 0. The SMILES string of the molecule is O=C(CC1CCCC1)NNC(=O)c1cc(-c2ccccc2)n[nH]1. The van der Waals surface area contributed by atoms with Gasteiger partial charge in [-0.1, -0.05) is 43.2 Å². The number of benzene rings is 1. The highest BCUT2D eigenvalue weighted by atomic mass is 16.2. The van der Waals surface area contributed by atoms with E-state index >= 15 is 0 Å². The lowest BCUT2D eigenvalue weighted by molar-refractivity contribution is -0.122. The highest BCUT2D eigenvalue weighted by Gasteiger charge is 2.19. The lowest BCUT2D eigenvalue weighted by Gasteiger charge is -2.09. The Kier molecular flexibility index (Phi) is 4.71. The van der Waals surface area contributed by atoms with E-state index in [9.17, 15) is 9.59 Å². The van der Waals surface area contributed by atoms with Gasteiger partial charge in [-0.15, -0.1) is 0 Å². The Balaban J connectivity index is 1.52. The molecule has 120 valence electrons. The normalized spacial score (nSPS) is 14.6. The smallest absolute Gasteiger partial charge is 0.273 e. The van der Waals surface area contributed by atoms with Crippen LogP contribution in [0.1, 0.15) is 42.6 Å². The number of nitrogens with zero attached hydrogens (tertiary/aromatic N) is 1. The minimum absolute atomic E-state index is 0.145. The number of aromatic amines is 1. The van der Waals surface area contributed by atoms with Gasteiger partial charge < -0.3 is 0 Å². The second-order valence-electron chi connectivity index (χ2n) is 5.89. The summed E-state index contributed by atoms with van der Waals surface area (Å²) >= 11 is 0. The Bertz CT molecular complexity index is 675. The first-order chi connectivity index (χ1) is 11.2. The molecular weight excluding hydrogens is 292 g/mol. The third-order valence-corrected chi connectivity index (χ3v) is 4.16. The van der Waals surface area contributed by atoms with E-state index in [4.69, 9.17) is 0 Å². The van der Waals surface area contributed by atoms with Gasteiger partial charge in [0.1, 0.15) is 5.69 Å². The third-order valence-electron chi connectivity index (χ3n) is 4.16. The first-order valence-corrected chi connectivity index (χ1v) is 7.92. The number of hydrazine groups is 1. The van der Waals surface area contributed by atoms with Crippen LogP contribution < -0.4 is 10.9 Å². The van der Waals surface area contributed by atoms with E-state index in [0.717, 1.165) is 18.4 Å². The predicted molar refractivity (Wildman–Crippen MR) is 86.2 cm³/mol. The van der Waals surface area contributed by atoms with Gasteiger partial charge in [0.15, 0.2) is 0 Å². The summed E-state index contributed by atoms with van der Waals surface area (Å²) in [5.41, 5.74) is 6.82. The van der Waals surface area contributed by atoms with Crippen LogP contribution in [-0.4, -0.2) is 22.0 Å². The molecule has 2 amide bonds. The van der Waals surface area contributed by atoms with Crippen molar-refractivity contribution in [3.8, 4) is 11.3 Å². The molecule has 1 aliphatic rings. The van der Waals surface area contributed by atoms with E-state index < -0.39 is 5.91 Å². The number of aromatic nitrogens is 2. The summed E-state index contributed by atoms with van der Waals surface area (Å²) in [4.78, 5) is 23.8. The molecular formula is C17H20N4O2. The van der Waals surface area contributed by atoms with Gasteiger partial charge in [0, 0.05) is 12.0 Å². The number of carbonyl (C=O) groups is 2. The number of carbonyl (C=O) groups excluding carboxylic acids is 2. The van der Waals surface area contributed by atoms with Gasteiger partial charge in [-0.05, 0) is 24.8 Å². The molecule has 6 nitrogen and oxygen atoms in total. The zero-order valence-corrected chi connectivity index (χ0v) is 12.8. The molecule has 0 aliphatic heterocycles. The summed E-state index contributed by atoms with van der Waals surface area (Å²) in [5.74, 6) is -0.101. The van der Waals surface area contributed by atoms with Gasteiger partial charge in [-0.3, -0.25) is 25.5 Å². The maximum absolute atomic E-state index is 12.0. The molecule has 23 heavy (non-hydrogen) atoms. The number of amides is 2. The maximum Gasteiger partial charge on any atom is 0.287 e. The molecule has 0 radical (unpaired) electrons. The van der Waals surface area contributed by atoms with E-state index in [1.807, 2.05) is 30.3 Å². The number of nitrogens with one attached hydrogen (secondary N) is 3. The van der Waals surface area contributed by atoms with Gasteiger partial charge in [-0.25, -0.2) is 0 Å². The van der Waals surface area contributed by atoms with Gasteiger partial charge >= 0.3 is 0 Å². The number of rotatable bonds is 4. The zero-order valence-electron chi connectivity index (χ0n) is 12.8. The van der Waals surface area contributed by atoms with Crippen LogP contribution in [0.25, 0.3) is 11.3 Å². The van der Waals surface area contributed by atoms with E-state index in [0.29, 0.717) is 23.7 Å². The van der Waals surface area contributed by atoms with E-state index in [-0.39, 0.29) is 5.91 Å².